The van der Waals surface area contributed by atoms with Crippen LogP contribution in [0.2, 0.25) is 18.1 Å². The molecule has 73 valence electrons. The van der Waals surface area contributed by atoms with Crippen molar-refractivity contribution < 1.29 is 4.43 Å². The lowest BCUT2D eigenvalue weighted by molar-refractivity contribution is 0.258. The zero-order chi connectivity index (χ0) is 9.99. The minimum atomic E-state index is -1.51. The fourth-order valence-corrected chi connectivity index (χ4v) is 1.70. The molecule has 0 aromatic carbocycles. The predicted molar refractivity (Wildman–Crippen MR) is 57.7 cm³/mol. The fraction of sp³-hybridized carbons (Fsp3) is 0.900. The third-order valence-corrected chi connectivity index (χ3v) is 7.04. The Hall–Kier alpha value is 0.177. The molecular weight excluding hydrogens is 164 g/mol. The highest BCUT2D eigenvalue weighted by Gasteiger charge is 2.36. The molecule has 1 unspecified atom stereocenters. The van der Waals surface area contributed by atoms with Crippen molar-refractivity contribution in [2.24, 2.45) is 5.92 Å². The van der Waals surface area contributed by atoms with E-state index in [0.717, 1.165) is 6.61 Å². The summed E-state index contributed by atoms with van der Waals surface area (Å²) in [6, 6.07) is 0. The molecule has 0 saturated heterocycles. The Balaban J connectivity index is 4.05. The van der Waals surface area contributed by atoms with Gasteiger partial charge >= 0.3 is 0 Å². The van der Waals surface area contributed by atoms with Crippen LogP contribution in [-0.4, -0.2) is 14.9 Å². The van der Waals surface area contributed by atoms with Gasteiger partial charge in [-0.05, 0) is 31.0 Å². The molecule has 0 aliphatic carbocycles. The lowest BCUT2D eigenvalue weighted by atomic mass is 10.2. The minimum absolute atomic E-state index is 0.321. The van der Waals surface area contributed by atoms with E-state index in [2.05, 4.69) is 47.7 Å². The van der Waals surface area contributed by atoms with Crippen molar-refractivity contribution >= 4 is 8.32 Å². The van der Waals surface area contributed by atoms with Crippen molar-refractivity contribution in [3.8, 4) is 0 Å². The maximum Gasteiger partial charge on any atom is 0.191 e. The van der Waals surface area contributed by atoms with E-state index < -0.39 is 8.32 Å². The van der Waals surface area contributed by atoms with Crippen LogP contribution in [-0.2, 0) is 4.43 Å². The summed E-state index contributed by atoms with van der Waals surface area (Å²) in [5.74, 6) is 0.402. The Kier molecular flexibility index (Phi) is 3.98. The van der Waals surface area contributed by atoms with Crippen LogP contribution in [0.3, 0.4) is 0 Å². The summed E-state index contributed by atoms with van der Waals surface area (Å²) in [5, 5.41) is 0.321. The van der Waals surface area contributed by atoms with E-state index in [4.69, 9.17) is 4.43 Å². The van der Waals surface area contributed by atoms with Crippen molar-refractivity contribution in [1.82, 2.24) is 0 Å². The topological polar surface area (TPSA) is 9.23 Å². The van der Waals surface area contributed by atoms with Gasteiger partial charge in [0, 0.05) is 6.61 Å². The Morgan fingerprint density at radius 2 is 1.75 bits per heavy atom. The van der Waals surface area contributed by atoms with Crippen molar-refractivity contribution in [2.45, 2.75) is 45.8 Å². The summed E-state index contributed by atoms with van der Waals surface area (Å²) in [4.78, 5) is 0. The first-order valence-corrected chi connectivity index (χ1v) is 7.54. The van der Waals surface area contributed by atoms with Crippen molar-refractivity contribution in [2.75, 3.05) is 6.61 Å². The molecule has 1 radical (unpaired) electrons. The Morgan fingerprint density at radius 1 is 1.33 bits per heavy atom. The normalized spacial score (nSPS) is 14.0. The van der Waals surface area contributed by atoms with E-state index in [-0.39, 0.29) is 0 Å². The fourth-order valence-electron chi connectivity index (χ4n) is 0.567. The Bertz CT molecular complexity index is 133. The highest BCUT2D eigenvalue weighted by Crippen LogP contribution is 2.36. The van der Waals surface area contributed by atoms with Gasteiger partial charge in [0.1, 0.15) is 0 Å². The van der Waals surface area contributed by atoms with Crippen LogP contribution in [0.1, 0.15) is 27.7 Å². The highest BCUT2D eigenvalue weighted by atomic mass is 28.4. The summed E-state index contributed by atoms with van der Waals surface area (Å²) in [5.41, 5.74) is 0. The van der Waals surface area contributed by atoms with E-state index in [9.17, 15) is 0 Å². The minimum Gasteiger partial charge on any atom is -0.417 e. The average Bonchev–Trinajstić information content (AvgIpc) is 1.81. The molecule has 12 heavy (non-hydrogen) atoms. The van der Waals surface area contributed by atoms with E-state index >= 15 is 0 Å². The third-order valence-electron chi connectivity index (χ3n) is 2.53. The van der Waals surface area contributed by atoms with Gasteiger partial charge < -0.3 is 4.43 Å². The lowest BCUT2D eigenvalue weighted by Gasteiger charge is -2.36. The summed E-state index contributed by atoms with van der Waals surface area (Å²) in [6.45, 7) is 18.1. The van der Waals surface area contributed by atoms with Gasteiger partial charge in [-0.15, -0.1) is 0 Å². The first kappa shape index (κ1) is 12.2. The second-order valence-corrected chi connectivity index (χ2v) is 9.99. The molecule has 0 aliphatic rings. The number of hydrogen-bond donors (Lipinski definition) is 0. The van der Waals surface area contributed by atoms with Gasteiger partial charge in [0.05, 0.1) is 0 Å². The second kappa shape index (κ2) is 3.92. The van der Waals surface area contributed by atoms with Crippen LogP contribution in [0.4, 0.5) is 0 Å². The first-order chi connectivity index (χ1) is 5.17. The van der Waals surface area contributed by atoms with Crippen LogP contribution in [0.15, 0.2) is 0 Å². The molecule has 0 amide bonds. The lowest BCUT2D eigenvalue weighted by Crippen LogP contribution is -2.41. The molecule has 0 spiro atoms. The third kappa shape index (κ3) is 3.72. The van der Waals surface area contributed by atoms with Crippen molar-refractivity contribution in [3.63, 3.8) is 0 Å². The standard InChI is InChI=1S/C10H23OSi/c1-9(2)8-11-12(6,7)10(3,4)5/h9H,1,8H2,2-7H3. The van der Waals surface area contributed by atoms with Gasteiger partial charge in [-0.2, -0.15) is 0 Å². The van der Waals surface area contributed by atoms with Crippen LogP contribution >= 0.6 is 0 Å². The van der Waals surface area contributed by atoms with E-state index in [1.54, 1.807) is 0 Å². The highest BCUT2D eigenvalue weighted by molar-refractivity contribution is 6.74. The molecule has 0 fully saturated rings. The van der Waals surface area contributed by atoms with E-state index in [1.165, 1.54) is 0 Å². The van der Waals surface area contributed by atoms with Crippen LogP contribution < -0.4 is 0 Å². The summed E-state index contributed by atoms with van der Waals surface area (Å²) in [6.07, 6.45) is 0. The van der Waals surface area contributed by atoms with Gasteiger partial charge in [-0.3, -0.25) is 0 Å². The largest absolute Gasteiger partial charge is 0.417 e. The molecule has 1 nitrogen and oxygen atoms in total. The van der Waals surface area contributed by atoms with Crippen molar-refractivity contribution in [3.05, 3.63) is 6.92 Å². The van der Waals surface area contributed by atoms with E-state index in [0.29, 0.717) is 11.0 Å². The van der Waals surface area contributed by atoms with Gasteiger partial charge in [-0.1, -0.05) is 27.7 Å². The molecule has 0 N–H and O–H groups in total. The molecule has 0 aromatic rings. The monoisotopic (exact) mass is 187 g/mol. The predicted octanol–water partition coefficient (Wildman–Crippen LogP) is 3.48. The zero-order valence-corrected chi connectivity index (χ0v) is 10.4. The molecular formula is C10H23OSi. The smallest absolute Gasteiger partial charge is 0.191 e. The van der Waals surface area contributed by atoms with Crippen LogP contribution in [0, 0.1) is 12.8 Å². The molecule has 1 atom stereocenters. The van der Waals surface area contributed by atoms with Gasteiger partial charge in [0.2, 0.25) is 0 Å². The zero-order valence-electron chi connectivity index (χ0n) is 9.40. The van der Waals surface area contributed by atoms with Gasteiger partial charge in [0.15, 0.2) is 8.32 Å². The summed E-state index contributed by atoms with van der Waals surface area (Å²) >= 11 is 0. The maximum absolute atomic E-state index is 5.93. The first-order valence-electron chi connectivity index (χ1n) is 4.64. The van der Waals surface area contributed by atoms with Gasteiger partial charge in [0.25, 0.3) is 0 Å². The summed E-state index contributed by atoms with van der Waals surface area (Å²) < 4.78 is 5.93. The molecule has 0 saturated carbocycles. The molecule has 0 rings (SSSR count). The SMILES string of the molecule is [CH2]C(C)CO[Si](C)(C)C(C)(C)C. The second-order valence-electron chi connectivity index (χ2n) is 5.18. The van der Waals surface area contributed by atoms with E-state index in [1.807, 2.05) is 0 Å². The quantitative estimate of drug-likeness (QED) is 0.615. The van der Waals surface area contributed by atoms with Crippen LogP contribution in [0.25, 0.3) is 0 Å². The average molecular weight is 187 g/mol. The van der Waals surface area contributed by atoms with Gasteiger partial charge in [-0.25, -0.2) is 0 Å². The molecule has 0 aromatic heterocycles. The van der Waals surface area contributed by atoms with Crippen LogP contribution in [0.5, 0.6) is 0 Å². The van der Waals surface area contributed by atoms with Crippen molar-refractivity contribution in [1.29, 1.82) is 0 Å². The molecule has 0 bridgehead atoms. The number of rotatable bonds is 3. The Morgan fingerprint density at radius 3 is 2.00 bits per heavy atom. The summed E-state index contributed by atoms with van der Waals surface area (Å²) in [7, 11) is -1.51. The Labute approximate surface area is 78.6 Å². The molecule has 0 heterocycles. The molecule has 2 heteroatoms. The number of hydrogen-bond acceptors (Lipinski definition) is 1. The molecule has 0 aliphatic heterocycles. The maximum atomic E-state index is 5.93.